The minimum atomic E-state index is -4.51. The van der Waals surface area contributed by atoms with Crippen LogP contribution in [0.25, 0.3) is 17.2 Å². The smallest absolute Gasteiger partial charge is 0.340 e. The molecule has 3 aromatic heterocycles. The summed E-state index contributed by atoms with van der Waals surface area (Å²) in [5.41, 5.74) is -0.669. The fourth-order valence-corrected chi connectivity index (χ4v) is 3.16. The lowest BCUT2D eigenvalue weighted by Gasteiger charge is -2.06. The molecule has 2 aromatic carbocycles. The van der Waals surface area contributed by atoms with E-state index < -0.39 is 17.4 Å². The third-order valence-corrected chi connectivity index (χ3v) is 4.77. The highest BCUT2D eigenvalue weighted by molar-refractivity contribution is 5.57. The predicted molar refractivity (Wildman–Crippen MR) is 111 cm³/mol. The van der Waals surface area contributed by atoms with Crippen LogP contribution < -0.4 is 11.0 Å². The van der Waals surface area contributed by atoms with Gasteiger partial charge >= 0.3 is 11.9 Å². The van der Waals surface area contributed by atoms with Crippen LogP contribution in [-0.2, 0) is 12.7 Å². The summed E-state index contributed by atoms with van der Waals surface area (Å²) in [6.45, 7) is -0.213. The molecule has 0 atom stereocenters. The van der Waals surface area contributed by atoms with E-state index in [1.54, 1.807) is 6.07 Å². The number of nitrogens with one attached hydrogen (secondary N) is 1. The van der Waals surface area contributed by atoms with E-state index in [-0.39, 0.29) is 35.4 Å². The normalized spacial score (nSPS) is 11.8. The van der Waals surface area contributed by atoms with Crippen LogP contribution in [0.4, 0.5) is 29.1 Å². The molecule has 0 fully saturated rings. The summed E-state index contributed by atoms with van der Waals surface area (Å²) in [7, 11) is 0. The molecule has 34 heavy (non-hydrogen) atoms. The number of benzene rings is 2. The first-order chi connectivity index (χ1) is 16.3. The van der Waals surface area contributed by atoms with E-state index in [1.165, 1.54) is 47.0 Å². The van der Waals surface area contributed by atoms with E-state index in [4.69, 9.17) is 4.52 Å². The van der Waals surface area contributed by atoms with Gasteiger partial charge in [0.2, 0.25) is 11.7 Å². The number of halogens is 4. The summed E-state index contributed by atoms with van der Waals surface area (Å²) in [5.74, 6) is -0.00323. The van der Waals surface area contributed by atoms with E-state index in [0.29, 0.717) is 11.5 Å². The van der Waals surface area contributed by atoms with Crippen molar-refractivity contribution in [2.24, 2.45) is 0 Å². The lowest BCUT2D eigenvalue weighted by atomic mass is 10.1. The van der Waals surface area contributed by atoms with Gasteiger partial charge in [0.15, 0.2) is 0 Å². The minimum Gasteiger partial charge on any atom is -0.340 e. The maximum Gasteiger partial charge on any atom is 0.416 e. The number of nitrogens with zero attached hydrogens (tertiary/aromatic N) is 6. The molecule has 0 saturated heterocycles. The molecular weight excluding hydrogens is 458 g/mol. The SMILES string of the molecule is O=c1n(Cc2nc(-c3cccc(C(F)(F)F)c3)no2)nc2nc(Nc3ccc(F)cc3)ccn12. The molecule has 0 aliphatic rings. The molecule has 1 N–H and O–H groups in total. The maximum atomic E-state index is 13.1. The van der Waals surface area contributed by atoms with Gasteiger partial charge in [0.05, 0.1) is 5.56 Å². The number of hydrogen-bond donors (Lipinski definition) is 1. The highest BCUT2D eigenvalue weighted by Crippen LogP contribution is 2.31. The lowest BCUT2D eigenvalue weighted by molar-refractivity contribution is -0.137. The van der Waals surface area contributed by atoms with Gasteiger partial charge in [-0.3, -0.25) is 0 Å². The average molecular weight is 471 g/mol. The molecular formula is C21H13F4N7O2. The number of fused-ring (bicyclic) bond motifs is 1. The zero-order chi connectivity index (χ0) is 23.9. The van der Waals surface area contributed by atoms with Crippen LogP contribution in [0.15, 0.2) is 70.1 Å². The Morgan fingerprint density at radius 3 is 2.59 bits per heavy atom. The number of alkyl halides is 3. The quantitative estimate of drug-likeness (QED) is 0.388. The largest absolute Gasteiger partial charge is 0.416 e. The third-order valence-electron chi connectivity index (χ3n) is 4.77. The van der Waals surface area contributed by atoms with Gasteiger partial charge in [-0.2, -0.15) is 23.1 Å². The van der Waals surface area contributed by atoms with E-state index in [2.05, 4.69) is 25.5 Å². The van der Waals surface area contributed by atoms with E-state index in [9.17, 15) is 22.4 Å². The molecule has 3 heterocycles. The first kappa shape index (κ1) is 21.3. The molecule has 0 unspecified atom stereocenters. The van der Waals surface area contributed by atoms with Crippen molar-refractivity contribution in [1.29, 1.82) is 0 Å². The fourth-order valence-electron chi connectivity index (χ4n) is 3.16. The molecule has 13 heteroatoms. The first-order valence-corrected chi connectivity index (χ1v) is 9.75. The Balaban J connectivity index is 1.38. The van der Waals surface area contributed by atoms with Crippen LogP contribution in [0.5, 0.6) is 0 Å². The van der Waals surface area contributed by atoms with Crippen molar-refractivity contribution in [3.8, 4) is 11.4 Å². The average Bonchev–Trinajstić information content (AvgIpc) is 3.40. The maximum absolute atomic E-state index is 13.1. The fraction of sp³-hybridized carbons (Fsp3) is 0.0952. The second-order valence-corrected chi connectivity index (χ2v) is 7.15. The van der Waals surface area contributed by atoms with Crippen molar-refractivity contribution >= 4 is 17.3 Å². The monoisotopic (exact) mass is 471 g/mol. The molecule has 0 amide bonds. The summed E-state index contributed by atoms with van der Waals surface area (Å²) in [4.78, 5) is 20.9. The highest BCUT2D eigenvalue weighted by Gasteiger charge is 2.30. The Kier molecular flexibility index (Phi) is 5.07. The Morgan fingerprint density at radius 2 is 1.82 bits per heavy atom. The third kappa shape index (κ3) is 4.22. The molecule has 0 radical (unpaired) electrons. The van der Waals surface area contributed by atoms with Crippen molar-refractivity contribution < 1.29 is 22.1 Å². The lowest BCUT2D eigenvalue weighted by Crippen LogP contribution is -2.21. The summed E-state index contributed by atoms with van der Waals surface area (Å²) in [5, 5.41) is 10.8. The Labute approximate surface area is 187 Å². The van der Waals surface area contributed by atoms with Gasteiger partial charge in [0.1, 0.15) is 18.2 Å². The molecule has 5 rings (SSSR count). The molecule has 0 aliphatic heterocycles. The Hall–Kier alpha value is -4.55. The molecule has 0 spiro atoms. The first-order valence-electron chi connectivity index (χ1n) is 9.75. The van der Waals surface area contributed by atoms with Gasteiger partial charge in [0, 0.05) is 17.4 Å². The summed E-state index contributed by atoms with van der Waals surface area (Å²) in [6, 6.07) is 11.7. The summed E-state index contributed by atoms with van der Waals surface area (Å²) >= 11 is 0. The van der Waals surface area contributed by atoms with Crippen LogP contribution in [0.3, 0.4) is 0 Å². The van der Waals surface area contributed by atoms with Crippen molar-refractivity contribution in [3.63, 3.8) is 0 Å². The second-order valence-electron chi connectivity index (χ2n) is 7.15. The molecule has 5 aromatic rings. The van der Waals surface area contributed by atoms with Crippen molar-refractivity contribution in [2.75, 3.05) is 5.32 Å². The molecule has 0 bridgehead atoms. The van der Waals surface area contributed by atoms with Crippen LogP contribution in [0.2, 0.25) is 0 Å². The summed E-state index contributed by atoms with van der Waals surface area (Å²) in [6.07, 6.45) is -3.05. The number of anilines is 2. The molecule has 9 nitrogen and oxygen atoms in total. The van der Waals surface area contributed by atoms with Crippen molar-refractivity contribution in [1.82, 2.24) is 29.3 Å². The van der Waals surface area contributed by atoms with Crippen molar-refractivity contribution in [3.05, 3.63) is 88.5 Å². The predicted octanol–water partition coefficient (Wildman–Crippen LogP) is 3.89. The molecule has 0 saturated carbocycles. The van der Waals surface area contributed by atoms with Gasteiger partial charge in [-0.05, 0) is 42.5 Å². The van der Waals surface area contributed by atoms with E-state index in [0.717, 1.165) is 16.8 Å². The second kappa shape index (κ2) is 8.10. The number of rotatable bonds is 5. The zero-order valence-corrected chi connectivity index (χ0v) is 17.0. The van der Waals surface area contributed by atoms with Crippen LogP contribution in [0.1, 0.15) is 11.5 Å². The van der Waals surface area contributed by atoms with Gasteiger partial charge in [0.25, 0.3) is 5.78 Å². The van der Waals surface area contributed by atoms with Crippen molar-refractivity contribution in [2.45, 2.75) is 12.7 Å². The highest BCUT2D eigenvalue weighted by atomic mass is 19.4. The van der Waals surface area contributed by atoms with Gasteiger partial charge in [-0.15, -0.1) is 5.10 Å². The summed E-state index contributed by atoms with van der Waals surface area (Å²) < 4.78 is 59.2. The molecule has 172 valence electrons. The van der Waals surface area contributed by atoms with E-state index in [1.807, 2.05) is 0 Å². The molecule has 0 aliphatic carbocycles. The van der Waals surface area contributed by atoms with Gasteiger partial charge < -0.3 is 9.84 Å². The topological polar surface area (TPSA) is 103 Å². The standard InChI is InChI=1S/C21H13F4N7O2/c22-14-4-6-15(7-5-14)26-16-8-9-31-19(27-16)29-32(20(31)33)11-17-28-18(30-34-17)12-2-1-3-13(10-12)21(23,24)25/h1-10H,11H2,(H,26,27,29). The number of aromatic nitrogens is 6. The van der Waals surface area contributed by atoms with Gasteiger partial charge in [-0.25, -0.2) is 18.3 Å². The van der Waals surface area contributed by atoms with Crippen LogP contribution in [0, 0.1) is 5.82 Å². The Morgan fingerprint density at radius 1 is 1.03 bits per heavy atom. The van der Waals surface area contributed by atoms with Crippen LogP contribution >= 0.6 is 0 Å². The van der Waals surface area contributed by atoms with E-state index >= 15 is 0 Å². The van der Waals surface area contributed by atoms with Crippen LogP contribution in [-0.4, -0.2) is 29.3 Å². The zero-order valence-electron chi connectivity index (χ0n) is 17.0. The minimum absolute atomic E-state index is 0.0254. The number of hydrogen-bond acceptors (Lipinski definition) is 7. The Bertz CT molecular complexity index is 1540. The van der Waals surface area contributed by atoms with Gasteiger partial charge in [-0.1, -0.05) is 17.3 Å².